The summed E-state index contributed by atoms with van der Waals surface area (Å²) < 4.78 is 21.1. The molecule has 0 saturated carbocycles. The van der Waals surface area contributed by atoms with E-state index in [0.717, 1.165) is 28.2 Å². The summed E-state index contributed by atoms with van der Waals surface area (Å²) in [7, 11) is 1.77. The molecule has 3 aliphatic rings. The lowest BCUT2D eigenvalue weighted by molar-refractivity contribution is -0.133. The highest BCUT2D eigenvalue weighted by atomic mass is 19.1. The molecule has 0 radical (unpaired) electrons. The van der Waals surface area contributed by atoms with Crippen LogP contribution in [0.1, 0.15) is 21.6 Å². The van der Waals surface area contributed by atoms with Gasteiger partial charge in [-0.15, -0.1) is 0 Å². The number of benzene rings is 1. The summed E-state index contributed by atoms with van der Waals surface area (Å²) >= 11 is 0. The number of amides is 2. The number of rotatable bonds is 3. The number of carbonyl (C=O) groups excluding carboxylic acids is 2. The second-order valence-corrected chi connectivity index (χ2v) is 9.68. The lowest BCUT2D eigenvalue weighted by Gasteiger charge is -2.35. The summed E-state index contributed by atoms with van der Waals surface area (Å²) in [6.45, 7) is 2.29. The molecule has 1 fully saturated rings. The van der Waals surface area contributed by atoms with Gasteiger partial charge in [-0.1, -0.05) is 6.07 Å². The van der Waals surface area contributed by atoms with Crippen LogP contribution in [0.15, 0.2) is 48.8 Å². The Morgan fingerprint density at radius 2 is 2.08 bits per heavy atom. The van der Waals surface area contributed by atoms with E-state index in [2.05, 4.69) is 20.5 Å². The van der Waals surface area contributed by atoms with Crippen molar-refractivity contribution in [2.24, 2.45) is 0 Å². The van der Waals surface area contributed by atoms with Crippen molar-refractivity contribution in [2.75, 3.05) is 37.0 Å². The quantitative estimate of drug-likeness (QED) is 0.434. The number of imidazole rings is 1. The minimum Gasteiger partial charge on any atom is -0.377 e. The van der Waals surface area contributed by atoms with E-state index in [1.54, 1.807) is 28.7 Å². The van der Waals surface area contributed by atoms with Gasteiger partial charge in [-0.2, -0.15) is 0 Å². The molecule has 7 rings (SSSR count). The van der Waals surface area contributed by atoms with Crippen LogP contribution in [0.3, 0.4) is 0 Å². The monoisotopic (exact) mass is 513 g/mol. The number of hydrogen-bond acceptors (Lipinski definition) is 7. The zero-order valence-electron chi connectivity index (χ0n) is 20.6. The molecule has 1 aromatic carbocycles. The average Bonchev–Trinajstić information content (AvgIpc) is 3.49. The maximum atomic E-state index is 13.7. The van der Waals surface area contributed by atoms with Gasteiger partial charge in [0, 0.05) is 38.0 Å². The number of ether oxygens (including phenoxy) is 1. The average molecular weight is 514 g/mol. The molecule has 192 valence electrons. The van der Waals surface area contributed by atoms with E-state index < -0.39 is 0 Å². The van der Waals surface area contributed by atoms with Crippen LogP contribution in [0.5, 0.6) is 0 Å². The SMILES string of the molecule is CN1Cc2nc(Nc3ccc(-c4cnc5cc(F)ccn45)c4c3C(=O)NC4)ccc2N2CCOC[C@H]2C1=O. The van der Waals surface area contributed by atoms with Gasteiger partial charge in [-0.05, 0) is 29.8 Å². The number of morpholine rings is 1. The Bertz CT molecular complexity index is 1630. The smallest absolute Gasteiger partial charge is 0.254 e. The summed E-state index contributed by atoms with van der Waals surface area (Å²) in [5, 5.41) is 6.25. The van der Waals surface area contributed by atoms with E-state index in [0.29, 0.717) is 55.6 Å². The van der Waals surface area contributed by atoms with Crippen molar-refractivity contribution >= 4 is 34.7 Å². The normalized spacial score (nSPS) is 18.6. The molecule has 0 spiro atoms. The number of hydrogen-bond donors (Lipinski definition) is 2. The molecule has 2 N–H and O–H groups in total. The second kappa shape index (κ2) is 8.52. The van der Waals surface area contributed by atoms with Gasteiger partial charge in [0.05, 0.1) is 54.3 Å². The van der Waals surface area contributed by atoms with Gasteiger partial charge < -0.3 is 25.2 Å². The van der Waals surface area contributed by atoms with Crippen LogP contribution in [0.25, 0.3) is 16.9 Å². The third-order valence-corrected chi connectivity index (χ3v) is 7.42. The second-order valence-electron chi connectivity index (χ2n) is 9.68. The van der Waals surface area contributed by atoms with E-state index in [9.17, 15) is 14.0 Å². The fourth-order valence-corrected chi connectivity index (χ4v) is 5.58. The van der Waals surface area contributed by atoms with Crippen LogP contribution in [0, 0.1) is 5.82 Å². The minimum atomic E-state index is -0.357. The van der Waals surface area contributed by atoms with Crippen molar-refractivity contribution in [3.8, 4) is 11.3 Å². The van der Waals surface area contributed by atoms with Crippen LogP contribution < -0.4 is 15.5 Å². The molecule has 38 heavy (non-hydrogen) atoms. The molecule has 2 amide bonds. The lowest BCUT2D eigenvalue weighted by Crippen LogP contribution is -2.52. The number of fused-ring (bicyclic) bond motifs is 5. The number of aromatic nitrogens is 3. The zero-order valence-corrected chi connectivity index (χ0v) is 20.6. The Hall–Kier alpha value is -4.51. The summed E-state index contributed by atoms with van der Waals surface area (Å²) in [5.74, 6) is 0.0540. The predicted molar refractivity (Wildman–Crippen MR) is 138 cm³/mol. The number of pyridine rings is 2. The van der Waals surface area contributed by atoms with Gasteiger partial charge in [-0.3, -0.25) is 14.0 Å². The van der Waals surface area contributed by atoms with E-state index in [4.69, 9.17) is 9.72 Å². The summed E-state index contributed by atoms with van der Waals surface area (Å²) in [6.07, 6.45) is 3.32. The first-order valence-electron chi connectivity index (χ1n) is 12.4. The van der Waals surface area contributed by atoms with Crippen molar-refractivity contribution in [1.29, 1.82) is 0 Å². The maximum absolute atomic E-state index is 13.7. The molecule has 0 aliphatic carbocycles. The van der Waals surface area contributed by atoms with Gasteiger partial charge in [-0.25, -0.2) is 14.4 Å². The van der Waals surface area contributed by atoms with Gasteiger partial charge in [0.15, 0.2) is 0 Å². The first-order chi connectivity index (χ1) is 18.5. The zero-order chi connectivity index (χ0) is 26.0. The van der Waals surface area contributed by atoms with Gasteiger partial charge in [0.1, 0.15) is 23.3 Å². The molecule has 3 aliphatic heterocycles. The minimum absolute atomic E-state index is 0.0115. The summed E-state index contributed by atoms with van der Waals surface area (Å²) in [4.78, 5) is 38.8. The third-order valence-electron chi connectivity index (χ3n) is 7.42. The first kappa shape index (κ1) is 22.7. The van der Waals surface area contributed by atoms with Crippen molar-refractivity contribution in [1.82, 2.24) is 24.6 Å². The molecule has 0 unspecified atom stereocenters. The number of nitrogens with zero attached hydrogens (tertiary/aromatic N) is 5. The van der Waals surface area contributed by atoms with Crippen LogP contribution in [0.4, 0.5) is 21.6 Å². The highest BCUT2D eigenvalue weighted by Gasteiger charge is 2.36. The fraction of sp³-hybridized carbons (Fsp3) is 0.259. The third kappa shape index (κ3) is 3.50. The van der Waals surface area contributed by atoms with E-state index >= 15 is 0 Å². The highest BCUT2D eigenvalue weighted by Crippen LogP contribution is 2.36. The molecular formula is C27H24FN7O3. The molecule has 6 heterocycles. The fourth-order valence-electron chi connectivity index (χ4n) is 5.58. The Balaban J connectivity index is 1.26. The molecule has 1 saturated heterocycles. The van der Waals surface area contributed by atoms with Crippen LogP contribution in [-0.4, -0.2) is 63.9 Å². The molecule has 11 heteroatoms. The molecule has 4 aromatic rings. The largest absolute Gasteiger partial charge is 0.377 e. The molecule has 3 aromatic heterocycles. The number of halogens is 1. The van der Waals surface area contributed by atoms with Crippen LogP contribution >= 0.6 is 0 Å². The number of carbonyl (C=O) groups is 2. The van der Waals surface area contributed by atoms with Gasteiger partial charge in [0.2, 0.25) is 5.91 Å². The van der Waals surface area contributed by atoms with Gasteiger partial charge in [0.25, 0.3) is 5.91 Å². The standard InChI is InChI=1S/C27H24FN7O3/c1-33-13-19-20(34-8-9-38-14-22(34)27(33)37)4-5-23(32-19)31-18-3-2-16(17-11-30-26(36)25(17)18)21-12-29-24-10-15(28)6-7-35(21)24/h2-7,10,12,22H,8-9,11,13-14H2,1H3,(H,30,36)(H,31,32)/t22-/m0/s1. The summed E-state index contributed by atoms with van der Waals surface area (Å²) in [6, 6.07) is 10.0. The molecular weight excluding hydrogens is 489 g/mol. The molecule has 0 bridgehead atoms. The lowest BCUT2D eigenvalue weighted by atomic mass is 9.99. The van der Waals surface area contributed by atoms with Crippen LogP contribution in [-0.2, 0) is 22.6 Å². The number of nitrogens with one attached hydrogen (secondary N) is 2. The Morgan fingerprint density at radius 3 is 2.97 bits per heavy atom. The van der Waals surface area contributed by atoms with Crippen molar-refractivity contribution < 1.29 is 18.7 Å². The van der Waals surface area contributed by atoms with E-state index in [-0.39, 0.29) is 23.7 Å². The topological polar surface area (TPSA) is 104 Å². The maximum Gasteiger partial charge on any atom is 0.254 e. The molecule has 1 atom stereocenters. The first-order valence-corrected chi connectivity index (χ1v) is 12.4. The van der Waals surface area contributed by atoms with Crippen molar-refractivity contribution in [3.63, 3.8) is 0 Å². The Labute approximate surface area is 217 Å². The highest BCUT2D eigenvalue weighted by molar-refractivity contribution is 6.06. The number of anilines is 3. The number of likely N-dealkylation sites (N-methyl/N-ethyl adjacent to an activating group) is 1. The predicted octanol–water partition coefficient (Wildman–Crippen LogP) is 2.70. The Morgan fingerprint density at radius 1 is 1.18 bits per heavy atom. The Kier molecular flexibility index (Phi) is 5.08. The van der Waals surface area contributed by atoms with E-state index in [1.807, 2.05) is 24.3 Å². The van der Waals surface area contributed by atoms with Gasteiger partial charge >= 0.3 is 0 Å². The molecule has 10 nitrogen and oxygen atoms in total. The van der Waals surface area contributed by atoms with Crippen molar-refractivity contribution in [2.45, 2.75) is 19.1 Å². The van der Waals surface area contributed by atoms with Crippen molar-refractivity contribution in [3.05, 3.63) is 71.4 Å². The summed E-state index contributed by atoms with van der Waals surface area (Å²) in [5.41, 5.74) is 5.82. The van der Waals surface area contributed by atoms with Crippen LogP contribution in [0.2, 0.25) is 0 Å². The van der Waals surface area contributed by atoms with E-state index in [1.165, 1.54) is 12.1 Å².